The lowest BCUT2D eigenvalue weighted by Crippen LogP contribution is -2.37. The van der Waals surface area contributed by atoms with Crippen LogP contribution in [0.25, 0.3) is 33.4 Å². The minimum Gasteiger partial charge on any atom is -0.542 e. The van der Waals surface area contributed by atoms with Crippen molar-refractivity contribution in [2.24, 2.45) is 0 Å². The van der Waals surface area contributed by atoms with E-state index < -0.39 is 61.4 Å². The van der Waals surface area contributed by atoms with Gasteiger partial charge in [0.1, 0.15) is 71.0 Å². The third-order valence-corrected chi connectivity index (χ3v) is 17.2. The Morgan fingerprint density at radius 3 is 2.00 bits per heavy atom. The summed E-state index contributed by atoms with van der Waals surface area (Å²) in [4.78, 5) is 77.3. The Morgan fingerprint density at radius 1 is 0.789 bits per heavy atom. The van der Waals surface area contributed by atoms with Crippen molar-refractivity contribution in [1.82, 2.24) is 9.55 Å². The van der Waals surface area contributed by atoms with Crippen molar-refractivity contribution in [3.8, 4) is 28.2 Å². The summed E-state index contributed by atoms with van der Waals surface area (Å²) in [6.07, 6.45) is -3.18. The largest absolute Gasteiger partial charge is 0.542 e. The number of aromatic nitrogens is 2. The number of amides is 1. The summed E-state index contributed by atoms with van der Waals surface area (Å²) in [7, 11) is -1.98. The number of aromatic carboxylic acids is 1. The molecule has 0 unspecified atom stereocenters. The number of anilines is 1. The number of carbonyl (C=O) groups is 4. The van der Waals surface area contributed by atoms with Gasteiger partial charge in [0, 0.05) is 53.2 Å². The SMILES string of the molecule is O=C(CCCCC[P+](c1ccccc1)(c1ccccc1)c1ccccc1)OC[C@H]1O[C@@H](n2ccc(NC(=O)c3ccc(-c4c5ccc(=O)cc-5oc5cc(O)ccc45)c(C(=O)O)c3)nc2=O)C[C@@H]1O.O=C([O-])C(F)(F)F. The highest BCUT2D eigenvalue weighted by Crippen LogP contribution is 2.56. The Morgan fingerprint density at radius 2 is 1.41 bits per heavy atom. The number of benzene rings is 6. The number of phenolic OH excluding ortho intramolecular Hbond substituents is 1. The van der Waals surface area contributed by atoms with Crippen LogP contribution in [0.5, 0.6) is 5.75 Å². The van der Waals surface area contributed by atoms with Crippen molar-refractivity contribution < 1.29 is 66.7 Å². The molecule has 1 amide bonds. The number of unbranched alkanes of at least 4 members (excludes halogenated alkanes) is 2. The minimum absolute atomic E-state index is 0.0220. The topological polar surface area (TPSA) is 248 Å². The van der Waals surface area contributed by atoms with Gasteiger partial charge in [0.05, 0.1) is 17.8 Å². The number of carboxylic acids is 2. The van der Waals surface area contributed by atoms with Crippen LogP contribution < -0.4 is 37.5 Å². The number of fused-ring (bicyclic) bond motifs is 2. The van der Waals surface area contributed by atoms with Gasteiger partial charge in [-0.1, -0.05) is 60.7 Å². The van der Waals surface area contributed by atoms with Crippen molar-refractivity contribution >= 4 is 63.8 Å². The highest BCUT2D eigenvalue weighted by atomic mass is 31.2. The number of alkyl halides is 3. The van der Waals surface area contributed by atoms with Crippen molar-refractivity contribution in [2.45, 2.75) is 56.7 Å². The molecule has 0 saturated carbocycles. The molecule has 2 aliphatic heterocycles. The highest BCUT2D eigenvalue weighted by molar-refractivity contribution is 7.95. The second kappa shape index (κ2) is 23.4. The monoisotopic (exact) mass is 1060 g/mol. The summed E-state index contributed by atoms with van der Waals surface area (Å²) < 4.78 is 50.1. The van der Waals surface area contributed by atoms with Gasteiger partial charge in [-0.05, 0) is 104 Å². The molecular formula is C56H47F3N3O13P. The maximum Gasteiger partial charge on any atom is 0.430 e. The van der Waals surface area contributed by atoms with Crippen molar-refractivity contribution in [2.75, 3.05) is 18.1 Å². The van der Waals surface area contributed by atoms with Crippen LogP contribution in [0.1, 0.15) is 59.0 Å². The van der Waals surface area contributed by atoms with Gasteiger partial charge >= 0.3 is 23.8 Å². The number of ether oxygens (including phenoxy) is 2. The molecule has 6 aromatic rings. The lowest BCUT2D eigenvalue weighted by atomic mass is 9.90. The maximum absolute atomic E-state index is 13.5. The molecule has 0 bridgehead atoms. The molecule has 0 radical (unpaired) electrons. The third-order valence-electron chi connectivity index (χ3n) is 12.6. The van der Waals surface area contributed by atoms with Crippen LogP contribution in [-0.2, 0) is 19.1 Å². The molecule has 0 spiro atoms. The van der Waals surface area contributed by atoms with Crippen LogP contribution in [0, 0.1) is 0 Å². The normalized spacial score (nSPS) is 15.4. The lowest BCUT2D eigenvalue weighted by Gasteiger charge is -2.27. The van der Waals surface area contributed by atoms with Crippen LogP contribution in [-0.4, -0.2) is 79.8 Å². The summed E-state index contributed by atoms with van der Waals surface area (Å²) >= 11 is 0. The number of halogens is 3. The number of nitrogens with one attached hydrogen (secondary N) is 1. The summed E-state index contributed by atoms with van der Waals surface area (Å²) in [5.41, 5.74) is -0.114. The van der Waals surface area contributed by atoms with E-state index in [1.54, 1.807) is 6.07 Å². The number of rotatable bonds is 16. The number of carboxylic acid groups (broad SMARTS) is 2. The van der Waals surface area contributed by atoms with Crippen molar-refractivity contribution in [3.63, 3.8) is 0 Å². The molecule has 76 heavy (non-hydrogen) atoms. The van der Waals surface area contributed by atoms with E-state index in [0.717, 1.165) is 23.6 Å². The van der Waals surface area contributed by atoms with E-state index in [-0.39, 0.29) is 64.5 Å². The Bertz CT molecular complexity index is 3390. The number of hydrogen-bond donors (Lipinski definition) is 4. The van der Waals surface area contributed by atoms with Crippen LogP contribution in [0.3, 0.4) is 0 Å². The molecule has 1 aliphatic carbocycles. The van der Waals surface area contributed by atoms with Gasteiger partial charge in [-0.3, -0.25) is 19.0 Å². The standard InChI is InChI=1S/C54H46N3O11P.C2HF3O2/c58-35-21-24-41-45(30-35)67-46-31-36(59)22-25-42(46)51(41)40-23-20-34(29-43(40)53(63)64)52(62)55-48-26-27-57(54(65)56-48)49-32-44(60)47(68-49)33-66-50(61)19-11-4-12-28-69(37-13-5-1-6-14-37,38-15-7-2-8-16-38)39-17-9-3-10-18-39;3-2(4,5)1(6)7/h1-3,5-10,13-18,20-27,29-31,44,47,49,60H,4,11-12,19,28,32-33H2,(H2-,55,56,58,59,62,63,64,65);(H,6,7)/t44-,47+,49+;/m0./s1. The Hall–Kier alpha value is -8.51. The summed E-state index contributed by atoms with van der Waals surface area (Å²) in [5.74, 6) is -5.54. The number of esters is 1. The third kappa shape index (κ3) is 12.2. The first kappa shape index (κ1) is 53.8. The number of nitrogens with zero attached hydrogens (tertiary/aromatic N) is 2. The number of hydrogen-bond acceptors (Lipinski definition) is 13. The van der Waals surface area contributed by atoms with E-state index in [1.165, 1.54) is 76.7 Å². The molecule has 1 aromatic heterocycles. The number of carbonyl (C=O) groups excluding carboxylic acids is 3. The quantitative estimate of drug-likeness (QED) is 0.0336. The zero-order valence-corrected chi connectivity index (χ0v) is 41.0. The van der Waals surface area contributed by atoms with E-state index in [2.05, 4.69) is 83.1 Å². The molecule has 1 saturated heterocycles. The summed E-state index contributed by atoms with van der Waals surface area (Å²) in [6, 6.07) is 45.9. The Labute approximate surface area is 431 Å². The van der Waals surface area contributed by atoms with Gasteiger partial charge < -0.3 is 44.4 Å². The molecule has 9 rings (SSSR count). The fourth-order valence-corrected chi connectivity index (χ4v) is 13.5. The molecule has 3 atom stereocenters. The number of aliphatic hydroxyl groups is 1. The van der Waals surface area contributed by atoms with Gasteiger partial charge in [-0.25, -0.2) is 9.59 Å². The number of aromatic hydroxyl groups is 1. The molecule has 16 nitrogen and oxygen atoms in total. The molecule has 3 heterocycles. The lowest BCUT2D eigenvalue weighted by molar-refractivity contribution is -0.344. The Balaban J connectivity index is 0.00000102. The summed E-state index contributed by atoms with van der Waals surface area (Å²) in [6.45, 7) is -0.203. The number of phenols is 1. The Kier molecular flexibility index (Phi) is 16.5. The van der Waals surface area contributed by atoms with Gasteiger partial charge in [-0.2, -0.15) is 18.2 Å². The van der Waals surface area contributed by atoms with E-state index in [9.17, 15) is 52.5 Å². The second-order valence-corrected chi connectivity index (χ2v) is 21.2. The van der Waals surface area contributed by atoms with Crippen LogP contribution in [0.15, 0.2) is 172 Å². The molecule has 4 N–H and O–H groups in total. The predicted molar refractivity (Wildman–Crippen MR) is 275 cm³/mol. The fourth-order valence-electron chi connectivity index (χ4n) is 9.08. The van der Waals surface area contributed by atoms with Crippen LogP contribution >= 0.6 is 7.26 Å². The molecule has 5 aromatic carbocycles. The molecule has 1 fully saturated rings. The first-order chi connectivity index (χ1) is 36.4. The van der Waals surface area contributed by atoms with Gasteiger partial charge in [0.15, 0.2) is 5.43 Å². The van der Waals surface area contributed by atoms with E-state index in [0.29, 0.717) is 22.9 Å². The highest BCUT2D eigenvalue weighted by Gasteiger charge is 2.44. The smallest absolute Gasteiger partial charge is 0.430 e. The van der Waals surface area contributed by atoms with Gasteiger partial charge in [0.25, 0.3) is 5.91 Å². The van der Waals surface area contributed by atoms with Crippen LogP contribution in [0.4, 0.5) is 19.0 Å². The van der Waals surface area contributed by atoms with Crippen molar-refractivity contribution in [1.29, 1.82) is 0 Å². The van der Waals surface area contributed by atoms with Gasteiger partial charge in [-0.15, -0.1) is 0 Å². The zero-order chi connectivity index (χ0) is 54.1. The fraction of sp³-hybridized carbons (Fsp3) is 0.196. The van der Waals surface area contributed by atoms with Gasteiger partial charge in [0.2, 0.25) is 0 Å². The van der Waals surface area contributed by atoms with Crippen LogP contribution in [0.2, 0.25) is 0 Å². The second-order valence-electron chi connectivity index (χ2n) is 17.6. The average molecular weight is 1060 g/mol. The van der Waals surface area contributed by atoms with E-state index in [4.69, 9.17) is 23.8 Å². The first-order valence-corrected chi connectivity index (χ1v) is 25.7. The van der Waals surface area contributed by atoms with E-state index in [1.807, 2.05) is 18.2 Å². The number of aliphatic hydroxyl groups excluding tert-OH is 1. The number of aliphatic carboxylic acids is 1. The molecule has 20 heteroatoms. The minimum atomic E-state index is -5.19. The average Bonchev–Trinajstić information content (AvgIpc) is 3.81. The molecular weight excluding hydrogens is 1010 g/mol. The maximum atomic E-state index is 13.5. The summed E-state index contributed by atoms with van der Waals surface area (Å²) in [5, 5.41) is 47.0. The van der Waals surface area contributed by atoms with Crippen molar-refractivity contribution in [3.05, 3.63) is 190 Å². The molecule has 390 valence electrons. The molecule has 3 aliphatic rings. The predicted octanol–water partition coefficient (Wildman–Crippen LogP) is 6.82. The first-order valence-electron chi connectivity index (χ1n) is 23.7. The van der Waals surface area contributed by atoms with E-state index >= 15 is 0 Å². The zero-order valence-electron chi connectivity index (χ0n) is 40.1.